The molecule has 1 aliphatic rings. The number of para-hydroxylation sites is 1. The lowest BCUT2D eigenvalue weighted by atomic mass is 10.3. The molecule has 2 N–H and O–H groups in total. The lowest BCUT2D eigenvalue weighted by Gasteiger charge is -2.31. The molecule has 0 aliphatic carbocycles. The number of anilines is 2. The van der Waals surface area contributed by atoms with E-state index in [1.165, 1.54) is 0 Å². The minimum Gasteiger partial charge on any atom is -0.317 e. The van der Waals surface area contributed by atoms with Gasteiger partial charge >= 0.3 is 6.03 Å². The maximum atomic E-state index is 12.3. The number of amides is 2. The van der Waals surface area contributed by atoms with Crippen molar-refractivity contribution in [1.82, 2.24) is 4.90 Å². The number of nitrogens with one attached hydrogen (secondary N) is 2. The van der Waals surface area contributed by atoms with Gasteiger partial charge in [-0.25, -0.2) is 9.78 Å². The summed E-state index contributed by atoms with van der Waals surface area (Å²) in [5.74, 6) is 1.08. The van der Waals surface area contributed by atoms with Crippen LogP contribution in [-0.2, 0) is 0 Å². The van der Waals surface area contributed by atoms with Crippen molar-refractivity contribution in [3.8, 4) is 0 Å². The standard InChI is InChI=1S/C16H17ClN4O/c17-13-5-1-2-6-14(13)19-16(22)21-11-9-20(10-12-21)15-7-3-4-8-18-15/h1-8H,9-12H2,(H,19,22)/p+1. The Labute approximate surface area is 134 Å². The molecule has 1 aromatic carbocycles. The summed E-state index contributed by atoms with van der Waals surface area (Å²) in [4.78, 5) is 19.6. The van der Waals surface area contributed by atoms with Gasteiger partial charge in [0.15, 0.2) is 0 Å². The summed E-state index contributed by atoms with van der Waals surface area (Å²) < 4.78 is 0. The number of hydrogen-bond donors (Lipinski definition) is 1. The van der Waals surface area contributed by atoms with Crippen LogP contribution in [0.2, 0.25) is 5.02 Å². The molecule has 1 aromatic heterocycles. The molecular formula is C16H18ClN4O+. The van der Waals surface area contributed by atoms with E-state index in [2.05, 4.69) is 15.2 Å². The van der Waals surface area contributed by atoms with Gasteiger partial charge in [0.25, 0.3) is 5.82 Å². The van der Waals surface area contributed by atoms with Crippen molar-refractivity contribution in [3.63, 3.8) is 0 Å². The number of carbonyl (C=O) groups is 1. The van der Waals surface area contributed by atoms with Crippen LogP contribution >= 0.6 is 11.6 Å². The predicted molar refractivity (Wildman–Crippen MR) is 87.3 cm³/mol. The molecule has 0 unspecified atom stereocenters. The molecule has 114 valence electrons. The zero-order valence-electron chi connectivity index (χ0n) is 12.1. The van der Waals surface area contributed by atoms with Crippen molar-refractivity contribution in [1.29, 1.82) is 0 Å². The minimum absolute atomic E-state index is 0.107. The number of pyridine rings is 1. The molecule has 0 radical (unpaired) electrons. The highest BCUT2D eigenvalue weighted by Gasteiger charge is 2.26. The van der Waals surface area contributed by atoms with E-state index in [-0.39, 0.29) is 6.03 Å². The van der Waals surface area contributed by atoms with E-state index in [9.17, 15) is 4.79 Å². The number of H-pyrrole nitrogens is 1. The Balaban J connectivity index is 1.57. The number of aromatic nitrogens is 1. The average molecular weight is 318 g/mol. The second-order valence-electron chi connectivity index (χ2n) is 5.13. The normalized spacial score (nSPS) is 14.8. The third-order valence-electron chi connectivity index (χ3n) is 3.72. The lowest BCUT2D eigenvalue weighted by Crippen LogP contribution is -2.51. The molecule has 0 spiro atoms. The van der Waals surface area contributed by atoms with Gasteiger partial charge < -0.3 is 10.2 Å². The Morgan fingerprint density at radius 3 is 2.45 bits per heavy atom. The van der Waals surface area contributed by atoms with Crippen molar-refractivity contribution in [2.45, 2.75) is 0 Å². The highest BCUT2D eigenvalue weighted by atomic mass is 35.5. The predicted octanol–water partition coefficient (Wildman–Crippen LogP) is 2.51. The van der Waals surface area contributed by atoms with E-state index < -0.39 is 0 Å². The summed E-state index contributed by atoms with van der Waals surface area (Å²) in [5, 5.41) is 3.41. The molecule has 5 nitrogen and oxygen atoms in total. The third kappa shape index (κ3) is 3.31. The number of benzene rings is 1. The largest absolute Gasteiger partial charge is 0.322 e. The summed E-state index contributed by atoms with van der Waals surface area (Å²) in [6.07, 6.45) is 1.91. The van der Waals surface area contributed by atoms with E-state index in [1.807, 2.05) is 41.4 Å². The third-order valence-corrected chi connectivity index (χ3v) is 4.05. The van der Waals surface area contributed by atoms with Crippen LogP contribution in [0.5, 0.6) is 0 Å². The number of nitrogens with zero attached hydrogens (tertiary/aromatic N) is 2. The summed E-state index contributed by atoms with van der Waals surface area (Å²) in [7, 11) is 0. The first-order valence-electron chi connectivity index (χ1n) is 7.26. The van der Waals surface area contributed by atoms with Crippen LogP contribution in [0.25, 0.3) is 0 Å². The topological polar surface area (TPSA) is 49.7 Å². The van der Waals surface area contributed by atoms with E-state index in [0.717, 1.165) is 18.9 Å². The first-order chi connectivity index (χ1) is 10.7. The molecule has 2 aromatic rings. The van der Waals surface area contributed by atoms with Crippen molar-refractivity contribution in [3.05, 3.63) is 53.7 Å². The quantitative estimate of drug-likeness (QED) is 0.925. The summed E-state index contributed by atoms with van der Waals surface area (Å²) in [5.41, 5.74) is 0.646. The molecule has 22 heavy (non-hydrogen) atoms. The van der Waals surface area contributed by atoms with E-state index in [1.54, 1.807) is 12.1 Å². The van der Waals surface area contributed by atoms with Gasteiger partial charge in [0.2, 0.25) is 0 Å². The van der Waals surface area contributed by atoms with Crippen LogP contribution in [0.3, 0.4) is 0 Å². The van der Waals surface area contributed by atoms with E-state index >= 15 is 0 Å². The molecule has 1 aliphatic heterocycles. The Morgan fingerprint density at radius 1 is 1.05 bits per heavy atom. The molecule has 3 rings (SSSR count). The number of rotatable bonds is 2. The number of hydrogen-bond acceptors (Lipinski definition) is 2. The Bertz CT molecular complexity index is 642. The maximum absolute atomic E-state index is 12.3. The first-order valence-corrected chi connectivity index (χ1v) is 7.64. The summed E-state index contributed by atoms with van der Waals surface area (Å²) in [6.45, 7) is 2.96. The van der Waals surface area contributed by atoms with Gasteiger partial charge in [0, 0.05) is 6.07 Å². The Hall–Kier alpha value is -2.27. The fraction of sp³-hybridized carbons (Fsp3) is 0.250. The SMILES string of the molecule is O=C(Nc1ccccc1Cl)N1CCN(c2cccc[nH+]2)CC1. The maximum Gasteiger partial charge on any atom is 0.322 e. The highest BCUT2D eigenvalue weighted by Crippen LogP contribution is 2.21. The number of aromatic amines is 1. The van der Waals surface area contributed by atoms with Gasteiger partial charge in [-0.15, -0.1) is 0 Å². The number of carbonyl (C=O) groups excluding carboxylic acids is 1. The van der Waals surface area contributed by atoms with Gasteiger partial charge in [-0.1, -0.05) is 29.8 Å². The molecule has 6 heteroatoms. The number of urea groups is 1. The van der Waals surface area contributed by atoms with Gasteiger partial charge in [0.1, 0.15) is 13.1 Å². The van der Waals surface area contributed by atoms with Gasteiger partial charge in [-0.3, -0.25) is 4.90 Å². The number of halogens is 1. The molecule has 2 heterocycles. The van der Waals surface area contributed by atoms with Crippen molar-refractivity contribution < 1.29 is 9.78 Å². The molecule has 0 saturated carbocycles. The molecular weight excluding hydrogens is 300 g/mol. The summed E-state index contributed by atoms with van der Waals surface area (Å²) in [6, 6.07) is 13.1. The molecule has 2 amide bonds. The lowest BCUT2D eigenvalue weighted by molar-refractivity contribution is -0.364. The van der Waals surface area contributed by atoms with Gasteiger partial charge in [-0.05, 0) is 18.2 Å². The first kappa shape index (κ1) is 14.7. The van der Waals surface area contributed by atoms with E-state index in [0.29, 0.717) is 23.8 Å². The second-order valence-corrected chi connectivity index (χ2v) is 5.54. The van der Waals surface area contributed by atoms with Gasteiger partial charge in [0.05, 0.1) is 30.0 Å². The monoisotopic (exact) mass is 317 g/mol. The highest BCUT2D eigenvalue weighted by molar-refractivity contribution is 6.33. The minimum atomic E-state index is -0.107. The molecule has 0 atom stereocenters. The Kier molecular flexibility index (Phi) is 4.44. The average Bonchev–Trinajstić information content (AvgIpc) is 2.58. The zero-order chi connectivity index (χ0) is 15.4. The van der Waals surface area contributed by atoms with Crippen molar-refractivity contribution >= 4 is 29.1 Å². The van der Waals surface area contributed by atoms with Gasteiger partial charge in [-0.2, -0.15) is 0 Å². The van der Waals surface area contributed by atoms with Crippen LogP contribution in [0.4, 0.5) is 16.3 Å². The van der Waals surface area contributed by atoms with Crippen LogP contribution < -0.4 is 15.2 Å². The van der Waals surface area contributed by atoms with Crippen molar-refractivity contribution in [2.24, 2.45) is 0 Å². The summed E-state index contributed by atoms with van der Waals surface area (Å²) >= 11 is 6.06. The fourth-order valence-electron chi connectivity index (χ4n) is 2.49. The number of piperazine rings is 1. The molecule has 1 saturated heterocycles. The van der Waals surface area contributed by atoms with Crippen molar-refractivity contribution in [2.75, 3.05) is 36.4 Å². The Morgan fingerprint density at radius 2 is 1.77 bits per heavy atom. The van der Waals surface area contributed by atoms with Crippen LogP contribution in [-0.4, -0.2) is 37.1 Å². The molecule has 0 bridgehead atoms. The zero-order valence-corrected chi connectivity index (χ0v) is 12.9. The van der Waals surface area contributed by atoms with E-state index in [4.69, 9.17) is 11.6 Å². The molecule has 1 fully saturated rings. The second kappa shape index (κ2) is 6.66. The fourth-order valence-corrected chi connectivity index (χ4v) is 2.67. The smallest absolute Gasteiger partial charge is 0.317 e. The van der Waals surface area contributed by atoms with Crippen LogP contribution in [0.15, 0.2) is 48.7 Å². The van der Waals surface area contributed by atoms with Crippen LogP contribution in [0.1, 0.15) is 0 Å². The van der Waals surface area contributed by atoms with Crippen LogP contribution in [0, 0.1) is 0 Å².